The summed E-state index contributed by atoms with van der Waals surface area (Å²) in [6.45, 7) is 6.64. The van der Waals surface area contributed by atoms with Crippen molar-refractivity contribution in [1.82, 2.24) is 14.9 Å². The van der Waals surface area contributed by atoms with Crippen molar-refractivity contribution in [1.29, 1.82) is 0 Å². The number of aryl methyl sites for hydroxylation is 1. The van der Waals surface area contributed by atoms with Gasteiger partial charge in [-0.2, -0.15) is 0 Å². The Kier molecular flexibility index (Phi) is 4.78. The number of nitrogens with zero attached hydrogens (tertiary/aromatic N) is 2. The average molecular weight is 347 g/mol. The molecule has 24 heavy (non-hydrogen) atoms. The van der Waals surface area contributed by atoms with Crippen LogP contribution in [0.5, 0.6) is 0 Å². The van der Waals surface area contributed by atoms with Crippen LogP contribution in [0.4, 0.5) is 0 Å². The van der Waals surface area contributed by atoms with E-state index in [4.69, 9.17) is 0 Å². The number of nitrogens with one attached hydrogen (secondary N) is 1. The molecule has 130 valence electrons. The highest BCUT2D eigenvalue weighted by molar-refractivity contribution is 7.90. The van der Waals surface area contributed by atoms with Gasteiger partial charge in [0, 0.05) is 18.6 Å². The highest BCUT2D eigenvalue weighted by atomic mass is 32.2. The zero-order chi connectivity index (χ0) is 17.3. The van der Waals surface area contributed by atoms with Gasteiger partial charge in [0.1, 0.15) is 0 Å². The van der Waals surface area contributed by atoms with Gasteiger partial charge in [0.25, 0.3) is 0 Å². The number of imidazole rings is 1. The molecule has 1 fully saturated rings. The van der Waals surface area contributed by atoms with Gasteiger partial charge in [-0.05, 0) is 39.2 Å². The Morgan fingerprint density at radius 2 is 1.92 bits per heavy atom. The van der Waals surface area contributed by atoms with Crippen molar-refractivity contribution in [2.45, 2.75) is 63.2 Å². The molecule has 1 aromatic heterocycles. The van der Waals surface area contributed by atoms with Crippen LogP contribution in [0.1, 0.15) is 49.6 Å². The van der Waals surface area contributed by atoms with Crippen LogP contribution in [0.25, 0.3) is 0 Å². The number of rotatable bonds is 7. The van der Waals surface area contributed by atoms with Crippen LogP contribution in [0.2, 0.25) is 0 Å². The first-order valence-corrected chi connectivity index (χ1v) is 10.1. The molecular weight excluding hydrogens is 322 g/mol. The minimum Gasteiger partial charge on any atom is -0.315 e. The SMILES string of the molecule is Cc1ccc(CS(=O)(=O)c2ncc(CNC3CC3)n2C(C)C)cc1. The Balaban J connectivity index is 1.86. The molecule has 1 N–H and O–H groups in total. The molecule has 0 radical (unpaired) electrons. The molecule has 1 aliphatic rings. The zero-order valence-corrected chi connectivity index (χ0v) is 15.3. The predicted molar refractivity (Wildman–Crippen MR) is 94.5 cm³/mol. The third-order valence-corrected chi connectivity index (χ3v) is 5.83. The number of aromatic nitrogens is 2. The monoisotopic (exact) mass is 347 g/mol. The topological polar surface area (TPSA) is 64.0 Å². The second-order valence-corrected chi connectivity index (χ2v) is 8.78. The quantitative estimate of drug-likeness (QED) is 0.836. The van der Waals surface area contributed by atoms with Gasteiger partial charge in [-0.25, -0.2) is 13.4 Å². The van der Waals surface area contributed by atoms with E-state index in [1.54, 1.807) is 6.20 Å². The smallest absolute Gasteiger partial charge is 0.228 e. The molecule has 3 rings (SSSR count). The van der Waals surface area contributed by atoms with E-state index in [9.17, 15) is 8.42 Å². The normalized spacial score (nSPS) is 15.2. The predicted octanol–water partition coefficient (Wildman–Crippen LogP) is 3.00. The molecule has 1 aromatic carbocycles. The molecule has 1 saturated carbocycles. The summed E-state index contributed by atoms with van der Waals surface area (Å²) in [5.41, 5.74) is 2.84. The maximum Gasteiger partial charge on any atom is 0.228 e. The zero-order valence-electron chi connectivity index (χ0n) is 14.5. The summed E-state index contributed by atoms with van der Waals surface area (Å²) in [7, 11) is -3.48. The number of hydrogen-bond acceptors (Lipinski definition) is 4. The molecule has 2 aromatic rings. The van der Waals surface area contributed by atoms with Crippen molar-refractivity contribution >= 4 is 9.84 Å². The molecule has 0 bridgehead atoms. The van der Waals surface area contributed by atoms with Gasteiger partial charge >= 0.3 is 0 Å². The molecule has 1 heterocycles. The van der Waals surface area contributed by atoms with Crippen LogP contribution in [-0.2, 0) is 22.1 Å². The molecule has 0 atom stereocenters. The van der Waals surface area contributed by atoms with Gasteiger partial charge in [-0.1, -0.05) is 29.8 Å². The minimum atomic E-state index is -3.48. The molecule has 0 unspecified atom stereocenters. The first kappa shape index (κ1) is 17.2. The summed E-state index contributed by atoms with van der Waals surface area (Å²) in [5.74, 6) is -0.0213. The number of benzene rings is 1. The molecule has 1 aliphatic carbocycles. The highest BCUT2D eigenvalue weighted by Crippen LogP contribution is 2.23. The lowest BCUT2D eigenvalue weighted by Gasteiger charge is -2.16. The Morgan fingerprint density at radius 3 is 2.50 bits per heavy atom. The van der Waals surface area contributed by atoms with Crippen molar-refractivity contribution in [3.8, 4) is 0 Å². The lowest BCUT2D eigenvalue weighted by Crippen LogP contribution is -2.21. The van der Waals surface area contributed by atoms with E-state index >= 15 is 0 Å². The largest absolute Gasteiger partial charge is 0.315 e. The summed E-state index contributed by atoms with van der Waals surface area (Å²) in [6.07, 6.45) is 4.10. The van der Waals surface area contributed by atoms with Crippen molar-refractivity contribution < 1.29 is 8.42 Å². The van der Waals surface area contributed by atoms with E-state index in [0.717, 1.165) is 16.8 Å². The van der Waals surface area contributed by atoms with E-state index in [-0.39, 0.29) is 17.0 Å². The van der Waals surface area contributed by atoms with Crippen LogP contribution >= 0.6 is 0 Å². The fraction of sp³-hybridized carbons (Fsp3) is 0.500. The van der Waals surface area contributed by atoms with E-state index in [2.05, 4.69) is 10.3 Å². The second-order valence-electron chi connectivity index (χ2n) is 6.90. The highest BCUT2D eigenvalue weighted by Gasteiger charge is 2.26. The molecular formula is C18H25N3O2S. The third-order valence-electron chi connectivity index (χ3n) is 4.26. The van der Waals surface area contributed by atoms with E-state index in [0.29, 0.717) is 12.6 Å². The first-order valence-electron chi connectivity index (χ1n) is 8.44. The van der Waals surface area contributed by atoms with Crippen molar-refractivity contribution in [2.24, 2.45) is 0 Å². The molecule has 0 amide bonds. The standard InChI is InChI=1S/C18H25N3O2S/c1-13(2)21-17(10-19-16-8-9-16)11-20-18(21)24(22,23)12-15-6-4-14(3)5-7-15/h4-7,11,13,16,19H,8-10,12H2,1-3H3. The van der Waals surface area contributed by atoms with Gasteiger partial charge < -0.3 is 9.88 Å². The van der Waals surface area contributed by atoms with Crippen LogP contribution in [0, 0.1) is 6.92 Å². The van der Waals surface area contributed by atoms with Gasteiger partial charge in [-0.15, -0.1) is 0 Å². The molecule has 5 nitrogen and oxygen atoms in total. The molecule has 0 spiro atoms. The minimum absolute atomic E-state index is 0.0213. The van der Waals surface area contributed by atoms with E-state index in [1.807, 2.05) is 49.6 Å². The summed E-state index contributed by atoms with van der Waals surface area (Å²) < 4.78 is 27.6. The second kappa shape index (κ2) is 6.69. The lowest BCUT2D eigenvalue weighted by atomic mass is 10.2. The average Bonchev–Trinajstić information content (AvgIpc) is 3.24. The Bertz CT molecular complexity index is 803. The van der Waals surface area contributed by atoms with Gasteiger partial charge in [-0.3, -0.25) is 0 Å². The molecule has 0 aliphatic heterocycles. The van der Waals surface area contributed by atoms with Crippen molar-refractivity contribution in [3.63, 3.8) is 0 Å². The summed E-state index contributed by atoms with van der Waals surface area (Å²) in [4.78, 5) is 4.26. The summed E-state index contributed by atoms with van der Waals surface area (Å²) >= 11 is 0. The van der Waals surface area contributed by atoms with Gasteiger partial charge in [0.2, 0.25) is 15.0 Å². The van der Waals surface area contributed by atoms with Crippen LogP contribution in [0.3, 0.4) is 0 Å². The van der Waals surface area contributed by atoms with Crippen LogP contribution in [-0.4, -0.2) is 24.0 Å². The summed E-state index contributed by atoms with van der Waals surface area (Å²) in [6, 6.07) is 8.23. The molecule has 0 saturated heterocycles. The van der Waals surface area contributed by atoms with Crippen LogP contribution in [0.15, 0.2) is 35.6 Å². The third kappa shape index (κ3) is 3.87. The lowest BCUT2D eigenvalue weighted by molar-refractivity contribution is 0.493. The number of sulfone groups is 1. The number of hydrogen-bond donors (Lipinski definition) is 1. The fourth-order valence-corrected chi connectivity index (χ4v) is 4.40. The van der Waals surface area contributed by atoms with Crippen molar-refractivity contribution in [2.75, 3.05) is 0 Å². The first-order chi connectivity index (χ1) is 11.4. The van der Waals surface area contributed by atoms with Gasteiger partial charge in [0.15, 0.2) is 0 Å². The van der Waals surface area contributed by atoms with Crippen LogP contribution < -0.4 is 5.32 Å². The maximum atomic E-state index is 12.9. The Labute approximate surface area is 144 Å². The van der Waals surface area contributed by atoms with Gasteiger partial charge in [0.05, 0.1) is 17.6 Å². The fourth-order valence-electron chi connectivity index (χ4n) is 2.80. The molecule has 6 heteroatoms. The summed E-state index contributed by atoms with van der Waals surface area (Å²) in [5, 5.41) is 3.61. The Morgan fingerprint density at radius 1 is 1.25 bits per heavy atom. The van der Waals surface area contributed by atoms with E-state index in [1.165, 1.54) is 12.8 Å². The Hall–Kier alpha value is -1.66. The maximum absolute atomic E-state index is 12.9. The van der Waals surface area contributed by atoms with E-state index < -0.39 is 9.84 Å². The van der Waals surface area contributed by atoms with Crippen molar-refractivity contribution in [3.05, 3.63) is 47.3 Å².